The highest BCUT2D eigenvalue weighted by Crippen LogP contribution is 2.25. The van der Waals surface area contributed by atoms with Crippen molar-refractivity contribution in [2.75, 3.05) is 54.7 Å². The molecule has 8 heteroatoms. The zero-order valence-electron chi connectivity index (χ0n) is 14.4. The summed E-state index contributed by atoms with van der Waals surface area (Å²) in [6, 6.07) is 4.28. The summed E-state index contributed by atoms with van der Waals surface area (Å²) in [5, 5.41) is 6.50. The molecule has 1 aliphatic heterocycles. The van der Waals surface area contributed by atoms with Gasteiger partial charge in [0.15, 0.2) is 0 Å². The molecule has 0 radical (unpaired) electrons. The maximum Gasteiger partial charge on any atom is 0.226 e. The molecule has 0 spiro atoms. The summed E-state index contributed by atoms with van der Waals surface area (Å²) in [7, 11) is 5.74. The van der Waals surface area contributed by atoms with Gasteiger partial charge in [-0.25, -0.2) is 15.0 Å². The topological polar surface area (TPSA) is 82.1 Å². The van der Waals surface area contributed by atoms with E-state index in [-0.39, 0.29) is 0 Å². The van der Waals surface area contributed by atoms with Crippen molar-refractivity contribution in [2.45, 2.75) is 18.9 Å². The quantitative estimate of drug-likeness (QED) is 0.825. The summed E-state index contributed by atoms with van der Waals surface area (Å²) in [6.07, 6.45) is 5.69. The number of nitrogens with one attached hydrogen (secondary N) is 2. The number of hydrogen-bond donors (Lipinski definition) is 2. The molecule has 0 aromatic carbocycles. The number of aromatic nitrogens is 4. The van der Waals surface area contributed by atoms with Gasteiger partial charge in [-0.3, -0.25) is 0 Å². The second-order valence-electron chi connectivity index (χ2n) is 6.02. The molecule has 128 valence electrons. The second kappa shape index (κ2) is 7.29. The van der Waals surface area contributed by atoms with Crippen LogP contribution in [0.4, 0.5) is 23.4 Å². The van der Waals surface area contributed by atoms with E-state index in [1.807, 2.05) is 38.2 Å². The van der Waals surface area contributed by atoms with Gasteiger partial charge < -0.3 is 20.4 Å². The average molecular weight is 328 g/mol. The highest BCUT2D eigenvalue weighted by Gasteiger charge is 2.25. The van der Waals surface area contributed by atoms with Gasteiger partial charge in [0.2, 0.25) is 5.95 Å². The minimum Gasteiger partial charge on any atom is -0.373 e. The fourth-order valence-corrected chi connectivity index (χ4v) is 2.88. The molecule has 8 nitrogen and oxygen atoms in total. The van der Waals surface area contributed by atoms with Crippen molar-refractivity contribution < 1.29 is 0 Å². The Morgan fingerprint density at radius 1 is 1.25 bits per heavy atom. The average Bonchev–Trinajstić information content (AvgIpc) is 3.09. The van der Waals surface area contributed by atoms with Crippen LogP contribution in [0.1, 0.15) is 12.8 Å². The number of hydrogen-bond acceptors (Lipinski definition) is 8. The molecule has 0 saturated carbocycles. The van der Waals surface area contributed by atoms with Crippen LogP contribution >= 0.6 is 0 Å². The molecule has 3 heterocycles. The van der Waals surface area contributed by atoms with E-state index in [4.69, 9.17) is 0 Å². The Hall–Kier alpha value is -2.64. The van der Waals surface area contributed by atoms with E-state index in [2.05, 4.69) is 35.5 Å². The van der Waals surface area contributed by atoms with E-state index >= 15 is 0 Å². The monoisotopic (exact) mass is 328 g/mol. The third-order valence-electron chi connectivity index (χ3n) is 4.14. The number of nitrogens with zero attached hydrogens (tertiary/aromatic N) is 6. The van der Waals surface area contributed by atoms with E-state index in [1.165, 1.54) is 0 Å². The van der Waals surface area contributed by atoms with Gasteiger partial charge in [0.25, 0.3) is 0 Å². The molecule has 1 unspecified atom stereocenters. The third kappa shape index (κ3) is 3.64. The molecule has 1 aliphatic rings. The van der Waals surface area contributed by atoms with E-state index in [0.29, 0.717) is 12.0 Å². The molecule has 0 amide bonds. The van der Waals surface area contributed by atoms with Crippen molar-refractivity contribution >= 4 is 23.4 Å². The lowest BCUT2D eigenvalue weighted by Gasteiger charge is -2.26. The highest BCUT2D eigenvalue weighted by atomic mass is 15.3. The first-order valence-electron chi connectivity index (χ1n) is 8.18. The van der Waals surface area contributed by atoms with Crippen molar-refractivity contribution in [3.63, 3.8) is 0 Å². The molecule has 1 atom stereocenters. The normalized spacial score (nSPS) is 17.0. The Morgan fingerprint density at radius 3 is 2.92 bits per heavy atom. The fourth-order valence-electron chi connectivity index (χ4n) is 2.88. The van der Waals surface area contributed by atoms with E-state index in [0.717, 1.165) is 43.4 Å². The molecule has 0 aliphatic carbocycles. The van der Waals surface area contributed by atoms with E-state index in [9.17, 15) is 0 Å². The smallest absolute Gasteiger partial charge is 0.226 e. The van der Waals surface area contributed by atoms with Gasteiger partial charge in [0.05, 0.1) is 0 Å². The van der Waals surface area contributed by atoms with Crippen LogP contribution in [0.2, 0.25) is 0 Å². The summed E-state index contributed by atoms with van der Waals surface area (Å²) in [5.41, 5.74) is 0. The number of anilines is 4. The molecule has 24 heavy (non-hydrogen) atoms. The van der Waals surface area contributed by atoms with Crippen molar-refractivity contribution in [1.29, 1.82) is 0 Å². The predicted molar refractivity (Wildman–Crippen MR) is 96.8 cm³/mol. The van der Waals surface area contributed by atoms with E-state index < -0.39 is 0 Å². The molecule has 1 fully saturated rings. The summed E-state index contributed by atoms with van der Waals surface area (Å²) < 4.78 is 0. The van der Waals surface area contributed by atoms with Crippen LogP contribution in [0.5, 0.6) is 0 Å². The maximum absolute atomic E-state index is 4.51. The van der Waals surface area contributed by atoms with Gasteiger partial charge in [-0.15, -0.1) is 0 Å². The minimum atomic E-state index is 0.391. The third-order valence-corrected chi connectivity index (χ3v) is 4.14. The first-order chi connectivity index (χ1) is 11.7. The van der Waals surface area contributed by atoms with Crippen molar-refractivity contribution in [3.05, 3.63) is 24.7 Å². The van der Waals surface area contributed by atoms with Gasteiger partial charge >= 0.3 is 0 Å². The van der Waals surface area contributed by atoms with E-state index in [1.54, 1.807) is 12.5 Å². The van der Waals surface area contributed by atoms with Crippen LogP contribution in [0.25, 0.3) is 0 Å². The van der Waals surface area contributed by atoms with Crippen LogP contribution in [-0.2, 0) is 0 Å². The lowest BCUT2D eigenvalue weighted by molar-refractivity contribution is 0.688. The Bertz CT molecular complexity index is 675. The Labute approximate surface area is 142 Å². The Balaban J connectivity index is 1.67. The zero-order valence-corrected chi connectivity index (χ0v) is 14.4. The molecule has 2 aromatic rings. The van der Waals surface area contributed by atoms with Crippen molar-refractivity contribution in [3.8, 4) is 0 Å². The lowest BCUT2D eigenvalue weighted by Crippen LogP contribution is -2.35. The highest BCUT2D eigenvalue weighted by molar-refractivity contribution is 5.50. The Kier molecular flexibility index (Phi) is 4.93. The molecular formula is C16H24N8. The molecule has 2 N–H and O–H groups in total. The minimum absolute atomic E-state index is 0.391. The van der Waals surface area contributed by atoms with Crippen LogP contribution in [0.15, 0.2) is 24.7 Å². The summed E-state index contributed by atoms with van der Waals surface area (Å²) >= 11 is 0. The van der Waals surface area contributed by atoms with Crippen LogP contribution in [0, 0.1) is 0 Å². The number of rotatable bonds is 6. The largest absolute Gasteiger partial charge is 0.373 e. The maximum atomic E-state index is 4.51. The molecule has 1 saturated heterocycles. The second-order valence-corrected chi connectivity index (χ2v) is 6.02. The van der Waals surface area contributed by atoms with Gasteiger partial charge in [0, 0.05) is 52.5 Å². The summed E-state index contributed by atoms with van der Waals surface area (Å²) in [6.45, 7) is 1.84. The van der Waals surface area contributed by atoms with Gasteiger partial charge in [-0.2, -0.15) is 4.98 Å². The molecule has 2 aromatic heterocycles. The van der Waals surface area contributed by atoms with Crippen LogP contribution in [0.3, 0.4) is 0 Å². The van der Waals surface area contributed by atoms with Crippen LogP contribution in [-0.4, -0.2) is 60.2 Å². The van der Waals surface area contributed by atoms with Crippen molar-refractivity contribution in [1.82, 2.24) is 19.9 Å². The molecule has 0 bridgehead atoms. The summed E-state index contributed by atoms with van der Waals surface area (Å²) in [4.78, 5) is 21.6. The summed E-state index contributed by atoms with van der Waals surface area (Å²) in [5.74, 6) is 3.36. The fraction of sp³-hybridized carbons (Fsp3) is 0.500. The first kappa shape index (κ1) is 16.2. The molecule has 3 rings (SSSR count). The van der Waals surface area contributed by atoms with Gasteiger partial charge in [-0.1, -0.05) is 0 Å². The predicted octanol–water partition coefficient (Wildman–Crippen LogP) is 1.46. The molecular weight excluding hydrogens is 304 g/mol. The van der Waals surface area contributed by atoms with Gasteiger partial charge in [0.1, 0.15) is 23.8 Å². The lowest BCUT2D eigenvalue weighted by atomic mass is 10.2. The first-order valence-corrected chi connectivity index (χ1v) is 8.18. The standard InChI is InChI=1S/C16H24N8/c1-17-14-9-15(21-11-20-14)24-8-4-5-12(24)10-19-13-6-7-18-16(22-13)23(2)3/h6-7,9,11-12H,4-5,8,10H2,1-3H3,(H,17,20,21)(H,18,19,22). The van der Waals surface area contributed by atoms with Gasteiger partial charge in [-0.05, 0) is 18.9 Å². The van der Waals surface area contributed by atoms with Crippen LogP contribution < -0.4 is 20.4 Å². The zero-order chi connectivity index (χ0) is 16.9. The Morgan fingerprint density at radius 2 is 2.12 bits per heavy atom. The SMILES string of the molecule is CNc1cc(N2CCCC2CNc2ccnc(N(C)C)n2)ncn1. The van der Waals surface area contributed by atoms with Crippen molar-refractivity contribution in [2.24, 2.45) is 0 Å².